The van der Waals surface area contributed by atoms with Crippen LogP contribution < -0.4 is 4.90 Å². The van der Waals surface area contributed by atoms with Crippen LogP contribution in [-0.2, 0) is 10.8 Å². The van der Waals surface area contributed by atoms with Crippen LogP contribution in [0.3, 0.4) is 0 Å². The van der Waals surface area contributed by atoms with Gasteiger partial charge in [-0.2, -0.15) is 0 Å². The first-order valence-electron chi connectivity index (χ1n) is 20.7. The van der Waals surface area contributed by atoms with Gasteiger partial charge in [0.2, 0.25) is 0 Å². The monoisotopic (exact) mass is 745 g/mol. The Hall–Kier alpha value is -6.70. The molecular weight excluding hydrogens is 699 g/mol. The molecule has 0 radical (unpaired) electrons. The van der Waals surface area contributed by atoms with E-state index in [0.29, 0.717) is 0 Å². The number of nitrogens with zero attached hydrogens (tertiary/aromatic N) is 1. The van der Waals surface area contributed by atoms with E-state index in [1.165, 1.54) is 93.4 Å². The number of rotatable bonds is 9. The molecular formula is C57H47N. The number of benzene rings is 7. The van der Waals surface area contributed by atoms with Crippen molar-refractivity contribution in [2.75, 3.05) is 4.90 Å². The third kappa shape index (κ3) is 5.23. The Balaban J connectivity index is 1.32. The third-order valence-corrected chi connectivity index (χ3v) is 13.2. The second kappa shape index (κ2) is 14.4. The largest absolute Gasteiger partial charge is 0.309 e. The first-order chi connectivity index (χ1) is 28.6. The lowest BCUT2D eigenvalue weighted by molar-refractivity contribution is 0.353. The van der Waals surface area contributed by atoms with Crippen molar-refractivity contribution in [1.82, 2.24) is 0 Å². The van der Waals surface area contributed by atoms with E-state index in [1.54, 1.807) is 0 Å². The molecule has 0 unspecified atom stereocenters. The van der Waals surface area contributed by atoms with Crippen molar-refractivity contribution >= 4 is 35.3 Å². The topological polar surface area (TPSA) is 3.24 Å². The Labute approximate surface area is 343 Å². The quantitative estimate of drug-likeness (QED) is 0.133. The average Bonchev–Trinajstić information content (AvgIpc) is 3.74. The summed E-state index contributed by atoms with van der Waals surface area (Å²) >= 11 is 0. The molecule has 0 aromatic heterocycles. The maximum Gasteiger partial charge on any atom is 0.0714 e. The van der Waals surface area contributed by atoms with Crippen LogP contribution in [-0.4, -0.2) is 0 Å². The summed E-state index contributed by atoms with van der Waals surface area (Å²) in [7, 11) is 0. The summed E-state index contributed by atoms with van der Waals surface area (Å²) in [5.41, 5.74) is 19.3. The molecule has 280 valence electrons. The second-order valence-corrected chi connectivity index (χ2v) is 16.0. The van der Waals surface area contributed by atoms with Gasteiger partial charge in [0.15, 0.2) is 0 Å². The van der Waals surface area contributed by atoms with Gasteiger partial charge < -0.3 is 4.90 Å². The number of anilines is 3. The molecule has 1 saturated carbocycles. The van der Waals surface area contributed by atoms with E-state index >= 15 is 0 Å². The zero-order valence-electron chi connectivity index (χ0n) is 33.0. The highest BCUT2D eigenvalue weighted by Gasteiger charge is 2.47. The fourth-order valence-corrected chi connectivity index (χ4v) is 10.8. The predicted octanol–water partition coefficient (Wildman–Crippen LogP) is 15.2. The first kappa shape index (κ1) is 35.7. The van der Waals surface area contributed by atoms with Gasteiger partial charge in [0.05, 0.1) is 16.8 Å². The summed E-state index contributed by atoms with van der Waals surface area (Å²) in [6.07, 6.45) is 16.1. The number of allylic oxidation sites excluding steroid dienone is 2. The molecule has 1 heteroatoms. The smallest absolute Gasteiger partial charge is 0.0714 e. The average molecular weight is 746 g/mol. The summed E-state index contributed by atoms with van der Waals surface area (Å²) < 4.78 is 0. The van der Waals surface area contributed by atoms with Gasteiger partial charge in [0.1, 0.15) is 0 Å². The Kier molecular flexibility index (Phi) is 8.83. The minimum atomic E-state index is -0.530. The van der Waals surface area contributed by atoms with E-state index in [2.05, 4.69) is 188 Å². The summed E-state index contributed by atoms with van der Waals surface area (Å²) in [4.78, 5) is 2.53. The van der Waals surface area contributed by atoms with Gasteiger partial charge in [-0.15, -0.1) is 0 Å². The zero-order chi connectivity index (χ0) is 39.3. The van der Waals surface area contributed by atoms with E-state index in [-0.39, 0.29) is 5.41 Å². The van der Waals surface area contributed by atoms with Gasteiger partial charge >= 0.3 is 0 Å². The van der Waals surface area contributed by atoms with Crippen LogP contribution in [0.25, 0.3) is 40.5 Å². The van der Waals surface area contributed by atoms with Crippen LogP contribution in [0.1, 0.15) is 82.2 Å². The summed E-state index contributed by atoms with van der Waals surface area (Å²) in [6, 6.07) is 59.2. The van der Waals surface area contributed by atoms with E-state index in [4.69, 9.17) is 0 Å². The summed E-state index contributed by atoms with van der Waals surface area (Å²) in [5.74, 6) is 0. The molecule has 3 aliphatic rings. The Morgan fingerprint density at radius 2 is 1.07 bits per heavy atom. The number of hydrogen-bond donors (Lipinski definition) is 0. The number of hydrogen-bond acceptors (Lipinski definition) is 1. The predicted molar refractivity (Wildman–Crippen MR) is 247 cm³/mol. The second-order valence-electron chi connectivity index (χ2n) is 16.0. The molecule has 0 amide bonds. The van der Waals surface area contributed by atoms with Crippen LogP contribution in [0, 0.1) is 0 Å². The van der Waals surface area contributed by atoms with E-state index < -0.39 is 5.41 Å². The lowest BCUT2D eigenvalue weighted by Gasteiger charge is -2.37. The molecule has 58 heavy (non-hydrogen) atoms. The molecule has 1 fully saturated rings. The Morgan fingerprint density at radius 1 is 0.466 bits per heavy atom. The van der Waals surface area contributed by atoms with Crippen LogP contribution in [0.4, 0.5) is 17.1 Å². The molecule has 1 nitrogen and oxygen atoms in total. The van der Waals surface area contributed by atoms with Crippen molar-refractivity contribution in [2.45, 2.75) is 42.9 Å². The minimum Gasteiger partial charge on any atom is -0.309 e. The van der Waals surface area contributed by atoms with Crippen molar-refractivity contribution in [1.29, 1.82) is 0 Å². The lowest BCUT2D eigenvalue weighted by atomic mass is 9.67. The van der Waals surface area contributed by atoms with E-state index in [1.807, 2.05) is 24.3 Å². The van der Waals surface area contributed by atoms with Crippen LogP contribution in [0.15, 0.2) is 190 Å². The van der Waals surface area contributed by atoms with Crippen molar-refractivity contribution < 1.29 is 0 Å². The van der Waals surface area contributed by atoms with Crippen LogP contribution >= 0.6 is 0 Å². The molecule has 0 bridgehead atoms. The molecule has 0 aliphatic heterocycles. The standard InChI is InChI=1S/C57H47N/c1-4-7-22-42-37-40(5-2)41(6-3)38-54(42)58(53-32-21-31-51-55(53)48-28-16-17-29-49(48)56(51)35-19-10-20-36-56)45-33-34-47-46-27-15-18-30-50(46)57(52(47)39-45,43-23-11-8-12-24-43)44-25-13-9-14-26-44/h4-9,11-18,21-34,37-39H,1-3,10,19-20,35-36H2/b22-7-. The highest BCUT2D eigenvalue weighted by atomic mass is 15.1. The van der Waals surface area contributed by atoms with Crippen LogP contribution in [0.2, 0.25) is 0 Å². The maximum absolute atomic E-state index is 4.28. The molecule has 7 aromatic carbocycles. The molecule has 0 saturated heterocycles. The molecule has 3 aliphatic carbocycles. The van der Waals surface area contributed by atoms with Crippen molar-refractivity contribution in [2.24, 2.45) is 0 Å². The summed E-state index contributed by atoms with van der Waals surface area (Å²) in [5, 5.41) is 0. The Morgan fingerprint density at radius 3 is 1.76 bits per heavy atom. The van der Waals surface area contributed by atoms with Gasteiger partial charge in [0.25, 0.3) is 0 Å². The normalized spacial score (nSPS) is 15.3. The zero-order valence-corrected chi connectivity index (χ0v) is 33.0. The minimum absolute atomic E-state index is 0.0196. The van der Waals surface area contributed by atoms with Gasteiger partial charge in [-0.1, -0.05) is 197 Å². The fourth-order valence-electron chi connectivity index (χ4n) is 10.8. The van der Waals surface area contributed by atoms with Gasteiger partial charge in [-0.3, -0.25) is 0 Å². The van der Waals surface area contributed by atoms with Crippen molar-refractivity contribution in [3.8, 4) is 22.3 Å². The lowest BCUT2D eigenvalue weighted by Crippen LogP contribution is -2.29. The van der Waals surface area contributed by atoms with Crippen molar-refractivity contribution in [3.63, 3.8) is 0 Å². The fraction of sp³-hybridized carbons (Fsp3) is 0.123. The van der Waals surface area contributed by atoms with Crippen molar-refractivity contribution in [3.05, 3.63) is 240 Å². The third-order valence-electron chi connectivity index (χ3n) is 13.2. The van der Waals surface area contributed by atoms with Crippen LogP contribution in [0.5, 0.6) is 0 Å². The molecule has 7 aromatic rings. The molecule has 0 atom stereocenters. The highest BCUT2D eigenvalue weighted by Crippen LogP contribution is 2.61. The molecule has 0 heterocycles. The van der Waals surface area contributed by atoms with E-state index in [0.717, 1.165) is 28.1 Å². The number of fused-ring (bicyclic) bond motifs is 8. The maximum atomic E-state index is 4.28. The molecule has 10 rings (SSSR count). The van der Waals surface area contributed by atoms with E-state index in [9.17, 15) is 0 Å². The summed E-state index contributed by atoms with van der Waals surface area (Å²) in [6.45, 7) is 12.5. The molecule has 1 spiro atoms. The Bertz CT molecular complexity index is 2720. The highest BCUT2D eigenvalue weighted by molar-refractivity contribution is 5.98. The van der Waals surface area contributed by atoms with Gasteiger partial charge in [0, 0.05) is 16.7 Å². The van der Waals surface area contributed by atoms with Gasteiger partial charge in [-0.05, 0) is 110 Å². The first-order valence-corrected chi connectivity index (χ1v) is 20.7. The molecule has 0 N–H and O–H groups in total. The SMILES string of the molecule is C=C/C=C\c1cc(C=C)c(C=C)cc1N(c1ccc2c(c1)C(c1ccccc1)(c1ccccc1)c1ccccc1-2)c1cccc2c1-c1ccccc1C21CCCCC1. The van der Waals surface area contributed by atoms with Gasteiger partial charge in [-0.25, -0.2) is 0 Å².